The first kappa shape index (κ1) is 13.8. The third kappa shape index (κ3) is 2.69. The summed E-state index contributed by atoms with van der Waals surface area (Å²) in [7, 11) is 1.29. The van der Waals surface area contributed by atoms with E-state index in [2.05, 4.69) is 5.16 Å². The number of methoxy groups -OCH3 is 1. The number of carbonyl (C=O) groups excluding carboxylic acids is 2. The van der Waals surface area contributed by atoms with E-state index in [9.17, 15) is 9.59 Å². The third-order valence-electron chi connectivity index (χ3n) is 2.63. The fourth-order valence-corrected chi connectivity index (χ4v) is 1.75. The lowest BCUT2D eigenvalue weighted by molar-refractivity contribution is -0.131. The molecule has 2 rings (SSSR count). The van der Waals surface area contributed by atoms with E-state index in [0.717, 1.165) is 0 Å². The van der Waals surface area contributed by atoms with Crippen LogP contribution in [0.3, 0.4) is 0 Å². The van der Waals surface area contributed by atoms with Crippen LogP contribution in [-0.2, 0) is 9.53 Å². The maximum Gasteiger partial charge on any atom is 0.343 e. The summed E-state index contributed by atoms with van der Waals surface area (Å²) in [6, 6.07) is 6.56. The van der Waals surface area contributed by atoms with Crippen molar-refractivity contribution in [3.05, 3.63) is 35.5 Å². The average molecular weight is 275 g/mol. The molecule has 1 heterocycles. The van der Waals surface area contributed by atoms with Crippen LogP contribution in [0.5, 0.6) is 5.75 Å². The zero-order valence-corrected chi connectivity index (χ0v) is 11.3. The number of hydrogen-bond donors (Lipinski definition) is 0. The van der Waals surface area contributed by atoms with Crippen LogP contribution in [0, 0.1) is 6.92 Å². The molecule has 104 valence electrons. The number of aryl methyl sites for hydroxylation is 1. The van der Waals surface area contributed by atoms with Gasteiger partial charge in [0.1, 0.15) is 11.3 Å². The van der Waals surface area contributed by atoms with Crippen molar-refractivity contribution in [3.8, 4) is 17.1 Å². The van der Waals surface area contributed by atoms with Crippen molar-refractivity contribution in [1.82, 2.24) is 5.16 Å². The van der Waals surface area contributed by atoms with E-state index in [1.165, 1.54) is 14.0 Å². The van der Waals surface area contributed by atoms with Crippen molar-refractivity contribution >= 4 is 11.9 Å². The fourth-order valence-electron chi connectivity index (χ4n) is 1.75. The van der Waals surface area contributed by atoms with Crippen LogP contribution in [0.15, 0.2) is 28.8 Å². The number of carbonyl (C=O) groups is 2. The summed E-state index contributed by atoms with van der Waals surface area (Å²) >= 11 is 0. The van der Waals surface area contributed by atoms with Gasteiger partial charge in [0, 0.05) is 12.5 Å². The predicted molar refractivity (Wildman–Crippen MR) is 69.3 cm³/mol. The van der Waals surface area contributed by atoms with Crippen LogP contribution in [0.25, 0.3) is 11.3 Å². The summed E-state index contributed by atoms with van der Waals surface area (Å²) in [6.07, 6.45) is 0. The molecular weight excluding hydrogens is 262 g/mol. The Morgan fingerprint density at radius 2 is 1.85 bits per heavy atom. The molecule has 0 amide bonds. The Labute approximate surface area is 115 Å². The van der Waals surface area contributed by atoms with Crippen LogP contribution in [0.2, 0.25) is 0 Å². The Kier molecular flexibility index (Phi) is 3.84. The zero-order valence-electron chi connectivity index (χ0n) is 11.3. The third-order valence-corrected chi connectivity index (χ3v) is 2.63. The molecule has 0 spiro atoms. The normalized spacial score (nSPS) is 10.2. The first-order valence-electron chi connectivity index (χ1n) is 5.86. The molecule has 0 aliphatic rings. The Hall–Kier alpha value is -2.63. The SMILES string of the molecule is COC(=O)c1c(C)noc1-c1ccc(OC(C)=O)cc1. The Bertz CT molecular complexity index is 642. The highest BCUT2D eigenvalue weighted by atomic mass is 16.5. The molecule has 0 unspecified atom stereocenters. The highest BCUT2D eigenvalue weighted by Crippen LogP contribution is 2.28. The molecule has 0 saturated carbocycles. The largest absolute Gasteiger partial charge is 0.465 e. The maximum atomic E-state index is 11.7. The van der Waals surface area contributed by atoms with Crippen molar-refractivity contribution in [1.29, 1.82) is 0 Å². The van der Waals surface area contributed by atoms with E-state index < -0.39 is 11.9 Å². The second kappa shape index (κ2) is 5.56. The van der Waals surface area contributed by atoms with Crippen molar-refractivity contribution in [3.63, 3.8) is 0 Å². The van der Waals surface area contributed by atoms with E-state index >= 15 is 0 Å². The van der Waals surface area contributed by atoms with E-state index in [0.29, 0.717) is 22.8 Å². The summed E-state index contributed by atoms with van der Waals surface area (Å²) in [5.41, 5.74) is 1.38. The molecule has 1 aromatic heterocycles. The minimum Gasteiger partial charge on any atom is -0.465 e. The van der Waals surface area contributed by atoms with Gasteiger partial charge in [0.05, 0.1) is 12.8 Å². The van der Waals surface area contributed by atoms with Crippen LogP contribution in [-0.4, -0.2) is 24.2 Å². The topological polar surface area (TPSA) is 78.6 Å². The van der Waals surface area contributed by atoms with Gasteiger partial charge in [-0.05, 0) is 31.2 Å². The fraction of sp³-hybridized carbons (Fsp3) is 0.214. The van der Waals surface area contributed by atoms with Crippen molar-refractivity contribution < 1.29 is 23.6 Å². The number of rotatable bonds is 3. The maximum absolute atomic E-state index is 11.7. The van der Waals surface area contributed by atoms with Crippen LogP contribution in [0.1, 0.15) is 23.0 Å². The van der Waals surface area contributed by atoms with Gasteiger partial charge in [-0.25, -0.2) is 4.79 Å². The minimum absolute atomic E-state index is 0.285. The summed E-state index contributed by atoms with van der Waals surface area (Å²) < 4.78 is 14.8. The predicted octanol–water partition coefficient (Wildman–Crippen LogP) is 2.36. The van der Waals surface area contributed by atoms with E-state index in [1.807, 2.05) is 0 Å². The number of nitrogens with zero attached hydrogens (tertiary/aromatic N) is 1. The van der Waals surface area contributed by atoms with Gasteiger partial charge in [-0.15, -0.1) is 0 Å². The van der Waals surface area contributed by atoms with Gasteiger partial charge in [-0.3, -0.25) is 4.79 Å². The number of hydrogen-bond acceptors (Lipinski definition) is 6. The monoisotopic (exact) mass is 275 g/mol. The molecule has 1 aromatic carbocycles. The van der Waals surface area contributed by atoms with E-state index in [4.69, 9.17) is 14.0 Å². The highest BCUT2D eigenvalue weighted by molar-refractivity contribution is 5.96. The number of benzene rings is 1. The van der Waals surface area contributed by atoms with Gasteiger partial charge in [0.2, 0.25) is 0 Å². The van der Waals surface area contributed by atoms with Crippen LogP contribution >= 0.6 is 0 Å². The van der Waals surface area contributed by atoms with Gasteiger partial charge in [-0.2, -0.15) is 0 Å². The molecule has 0 radical (unpaired) electrons. The first-order chi connectivity index (χ1) is 9.52. The van der Waals surface area contributed by atoms with Gasteiger partial charge in [-0.1, -0.05) is 5.16 Å². The molecule has 0 fully saturated rings. The van der Waals surface area contributed by atoms with Crippen LogP contribution < -0.4 is 4.74 Å². The molecule has 0 aliphatic carbocycles. The summed E-state index contributed by atoms with van der Waals surface area (Å²) in [5, 5.41) is 3.77. The quantitative estimate of drug-likeness (QED) is 0.632. The molecule has 0 atom stereocenters. The lowest BCUT2D eigenvalue weighted by atomic mass is 10.1. The van der Waals surface area contributed by atoms with Crippen molar-refractivity contribution in [2.24, 2.45) is 0 Å². The molecule has 0 bridgehead atoms. The average Bonchev–Trinajstić information content (AvgIpc) is 2.80. The molecule has 6 nitrogen and oxygen atoms in total. The Balaban J connectivity index is 2.37. The van der Waals surface area contributed by atoms with Gasteiger partial charge in [0.15, 0.2) is 5.76 Å². The number of esters is 2. The molecule has 6 heteroatoms. The second-order valence-corrected chi connectivity index (χ2v) is 4.08. The molecule has 0 saturated heterocycles. The highest BCUT2D eigenvalue weighted by Gasteiger charge is 2.22. The van der Waals surface area contributed by atoms with E-state index in [-0.39, 0.29) is 5.56 Å². The smallest absolute Gasteiger partial charge is 0.343 e. The molecule has 2 aromatic rings. The summed E-state index contributed by atoms with van der Waals surface area (Å²) in [6.45, 7) is 2.98. The minimum atomic E-state index is -0.511. The summed E-state index contributed by atoms with van der Waals surface area (Å²) in [5.74, 6) is -0.174. The second-order valence-electron chi connectivity index (χ2n) is 4.08. The first-order valence-corrected chi connectivity index (χ1v) is 5.86. The van der Waals surface area contributed by atoms with Gasteiger partial charge < -0.3 is 14.0 Å². The molecule has 0 aliphatic heterocycles. The standard InChI is InChI=1S/C14H13NO5/c1-8-12(14(17)18-3)13(20-15-8)10-4-6-11(7-5-10)19-9(2)16/h4-7H,1-3H3. The summed E-state index contributed by atoms with van der Waals surface area (Å²) in [4.78, 5) is 22.6. The van der Waals surface area contributed by atoms with Crippen molar-refractivity contribution in [2.45, 2.75) is 13.8 Å². The van der Waals surface area contributed by atoms with Gasteiger partial charge in [0.25, 0.3) is 0 Å². The molecular formula is C14H13NO5. The number of ether oxygens (including phenoxy) is 2. The van der Waals surface area contributed by atoms with Crippen LogP contribution in [0.4, 0.5) is 0 Å². The van der Waals surface area contributed by atoms with Gasteiger partial charge >= 0.3 is 11.9 Å². The lowest BCUT2D eigenvalue weighted by Crippen LogP contribution is -2.03. The Morgan fingerprint density at radius 3 is 2.40 bits per heavy atom. The molecule has 20 heavy (non-hydrogen) atoms. The molecule has 0 N–H and O–H groups in total. The van der Waals surface area contributed by atoms with E-state index in [1.54, 1.807) is 31.2 Å². The lowest BCUT2D eigenvalue weighted by Gasteiger charge is -2.03. The van der Waals surface area contributed by atoms with Crippen molar-refractivity contribution in [2.75, 3.05) is 7.11 Å². The number of aromatic nitrogens is 1. The zero-order chi connectivity index (χ0) is 14.7. The Morgan fingerprint density at radius 1 is 1.20 bits per heavy atom.